The van der Waals surface area contributed by atoms with Gasteiger partial charge in [-0.1, -0.05) is 18.2 Å². The molecular formula is C18H14F3N3O2. The van der Waals surface area contributed by atoms with Crippen molar-refractivity contribution in [1.82, 2.24) is 5.43 Å². The van der Waals surface area contributed by atoms with Gasteiger partial charge in [0.15, 0.2) is 0 Å². The summed E-state index contributed by atoms with van der Waals surface area (Å²) in [5.41, 5.74) is 3.39. The standard InChI is InChI=1S/C18H14F3N3O2/c19-18(20,21)13-2-1-3-14(10-13)22-17(26)12-6-4-11(5-7-12)15-8-9-16(25)24-23-15/h1-7,10H,8-9H2,(H,22,26)(H,24,25). The Morgan fingerprint density at radius 1 is 1.08 bits per heavy atom. The SMILES string of the molecule is O=C1CCC(c2ccc(C(=O)Nc3cccc(C(F)(F)F)c3)cc2)=NN1. The molecule has 0 spiro atoms. The fourth-order valence-corrected chi connectivity index (χ4v) is 2.47. The van der Waals surface area contributed by atoms with Gasteiger partial charge in [0.2, 0.25) is 5.91 Å². The number of amides is 2. The lowest BCUT2D eigenvalue weighted by atomic mass is 10.0. The van der Waals surface area contributed by atoms with Gasteiger partial charge in [-0.3, -0.25) is 9.59 Å². The Kier molecular flexibility index (Phi) is 4.75. The maximum atomic E-state index is 12.7. The zero-order valence-electron chi connectivity index (χ0n) is 13.4. The number of hydrogen-bond donors (Lipinski definition) is 2. The Morgan fingerprint density at radius 2 is 1.81 bits per heavy atom. The molecule has 0 aromatic heterocycles. The average Bonchev–Trinajstić information content (AvgIpc) is 2.62. The van der Waals surface area contributed by atoms with Crippen molar-refractivity contribution < 1.29 is 22.8 Å². The molecule has 0 unspecified atom stereocenters. The fourth-order valence-electron chi connectivity index (χ4n) is 2.47. The molecule has 134 valence electrons. The summed E-state index contributed by atoms with van der Waals surface area (Å²) in [6.07, 6.45) is -3.63. The van der Waals surface area contributed by atoms with Crippen molar-refractivity contribution in [2.75, 3.05) is 5.32 Å². The lowest BCUT2D eigenvalue weighted by Gasteiger charge is -2.13. The normalized spacial score (nSPS) is 14.4. The van der Waals surface area contributed by atoms with E-state index in [0.29, 0.717) is 24.1 Å². The van der Waals surface area contributed by atoms with Crippen LogP contribution >= 0.6 is 0 Å². The van der Waals surface area contributed by atoms with E-state index in [4.69, 9.17) is 0 Å². The van der Waals surface area contributed by atoms with E-state index in [-0.39, 0.29) is 11.6 Å². The maximum absolute atomic E-state index is 12.7. The van der Waals surface area contributed by atoms with Crippen LogP contribution in [0.1, 0.15) is 34.3 Å². The number of hydrazone groups is 1. The van der Waals surface area contributed by atoms with E-state index in [1.54, 1.807) is 24.3 Å². The van der Waals surface area contributed by atoms with Crippen LogP contribution in [0.2, 0.25) is 0 Å². The molecule has 2 aromatic carbocycles. The number of benzene rings is 2. The van der Waals surface area contributed by atoms with Gasteiger partial charge in [-0.2, -0.15) is 18.3 Å². The van der Waals surface area contributed by atoms with Crippen LogP contribution in [0.3, 0.4) is 0 Å². The van der Waals surface area contributed by atoms with Crippen molar-refractivity contribution in [3.63, 3.8) is 0 Å². The Morgan fingerprint density at radius 3 is 2.42 bits per heavy atom. The topological polar surface area (TPSA) is 70.6 Å². The van der Waals surface area contributed by atoms with Gasteiger partial charge in [0.05, 0.1) is 11.3 Å². The van der Waals surface area contributed by atoms with Crippen LogP contribution in [0.15, 0.2) is 53.6 Å². The summed E-state index contributed by atoms with van der Waals surface area (Å²) >= 11 is 0. The fraction of sp³-hybridized carbons (Fsp3) is 0.167. The molecule has 2 amide bonds. The molecule has 0 aliphatic carbocycles. The molecule has 2 aromatic rings. The predicted molar refractivity (Wildman–Crippen MR) is 89.8 cm³/mol. The number of anilines is 1. The molecule has 2 N–H and O–H groups in total. The first kappa shape index (κ1) is 17.7. The second-order valence-electron chi connectivity index (χ2n) is 5.70. The Balaban J connectivity index is 1.72. The van der Waals surface area contributed by atoms with Gasteiger partial charge in [-0.15, -0.1) is 0 Å². The third kappa shape index (κ3) is 4.08. The van der Waals surface area contributed by atoms with Crippen molar-refractivity contribution in [1.29, 1.82) is 0 Å². The number of carbonyl (C=O) groups excluding carboxylic acids is 2. The van der Waals surface area contributed by atoms with Gasteiger partial charge in [0.25, 0.3) is 5.91 Å². The number of alkyl halides is 3. The monoisotopic (exact) mass is 361 g/mol. The average molecular weight is 361 g/mol. The first-order chi connectivity index (χ1) is 12.3. The summed E-state index contributed by atoms with van der Waals surface area (Å²) in [5, 5.41) is 6.42. The Bertz CT molecular complexity index is 874. The van der Waals surface area contributed by atoms with Crippen LogP contribution in [-0.2, 0) is 11.0 Å². The number of hydrogen-bond acceptors (Lipinski definition) is 3. The van der Waals surface area contributed by atoms with E-state index in [1.807, 2.05) is 0 Å². The van der Waals surface area contributed by atoms with Crippen molar-refractivity contribution in [2.24, 2.45) is 5.10 Å². The largest absolute Gasteiger partial charge is 0.416 e. The van der Waals surface area contributed by atoms with Crippen LogP contribution < -0.4 is 10.7 Å². The molecule has 8 heteroatoms. The molecule has 1 aliphatic rings. The van der Waals surface area contributed by atoms with E-state index in [0.717, 1.165) is 17.7 Å². The Hall–Kier alpha value is -3.16. The summed E-state index contributed by atoms with van der Waals surface area (Å²) in [6, 6.07) is 10.9. The summed E-state index contributed by atoms with van der Waals surface area (Å²) in [5.74, 6) is -0.666. The number of rotatable bonds is 3. The molecule has 1 aliphatic heterocycles. The van der Waals surface area contributed by atoms with E-state index in [1.165, 1.54) is 12.1 Å². The first-order valence-electron chi connectivity index (χ1n) is 7.77. The molecular weight excluding hydrogens is 347 g/mol. The quantitative estimate of drug-likeness (QED) is 0.877. The minimum atomic E-state index is -4.47. The van der Waals surface area contributed by atoms with Gasteiger partial charge in [-0.25, -0.2) is 5.43 Å². The number of nitrogens with zero attached hydrogens (tertiary/aromatic N) is 1. The molecule has 1 heterocycles. The van der Waals surface area contributed by atoms with Crippen LogP contribution in [-0.4, -0.2) is 17.5 Å². The summed E-state index contributed by atoms with van der Waals surface area (Å²) in [6.45, 7) is 0. The number of nitrogens with one attached hydrogen (secondary N) is 2. The predicted octanol–water partition coefficient (Wildman–Crippen LogP) is 3.57. The van der Waals surface area contributed by atoms with Gasteiger partial charge in [0.1, 0.15) is 0 Å². The maximum Gasteiger partial charge on any atom is 0.416 e. The molecule has 0 saturated heterocycles. The minimum Gasteiger partial charge on any atom is -0.322 e. The zero-order chi connectivity index (χ0) is 18.7. The second-order valence-corrected chi connectivity index (χ2v) is 5.70. The lowest BCUT2D eigenvalue weighted by molar-refractivity contribution is -0.137. The molecule has 0 saturated carbocycles. The van der Waals surface area contributed by atoms with Gasteiger partial charge >= 0.3 is 6.18 Å². The third-order valence-corrected chi connectivity index (χ3v) is 3.83. The van der Waals surface area contributed by atoms with E-state index < -0.39 is 17.6 Å². The first-order valence-corrected chi connectivity index (χ1v) is 7.77. The van der Waals surface area contributed by atoms with Gasteiger partial charge in [0, 0.05) is 24.1 Å². The van der Waals surface area contributed by atoms with Gasteiger partial charge in [-0.05, 0) is 35.9 Å². The number of halogens is 3. The van der Waals surface area contributed by atoms with Gasteiger partial charge < -0.3 is 5.32 Å². The van der Waals surface area contributed by atoms with E-state index in [9.17, 15) is 22.8 Å². The molecule has 3 rings (SSSR count). The molecule has 0 radical (unpaired) electrons. The highest BCUT2D eigenvalue weighted by Gasteiger charge is 2.30. The minimum absolute atomic E-state index is 0.0632. The van der Waals surface area contributed by atoms with E-state index >= 15 is 0 Å². The van der Waals surface area contributed by atoms with Crippen molar-refractivity contribution in [3.05, 3.63) is 65.2 Å². The van der Waals surface area contributed by atoms with Crippen molar-refractivity contribution >= 4 is 23.2 Å². The zero-order valence-corrected chi connectivity index (χ0v) is 13.4. The molecule has 5 nitrogen and oxygen atoms in total. The number of carbonyl (C=O) groups is 2. The van der Waals surface area contributed by atoms with Crippen LogP contribution in [0, 0.1) is 0 Å². The second kappa shape index (κ2) is 6.99. The summed E-state index contributed by atoms with van der Waals surface area (Å²) in [7, 11) is 0. The summed E-state index contributed by atoms with van der Waals surface area (Å²) < 4.78 is 38.2. The highest BCUT2D eigenvalue weighted by atomic mass is 19.4. The van der Waals surface area contributed by atoms with Crippen LogP contribution in [0.25, 0.3) is 0 Å². The molecule has 0 fully saturated rings. The highest BCUT2D eigenvalue weighted by Crippen LogP contribution is 2.30. The molecule has 26 heavy (non-hydrogen) atoms. The van der Waals surface area contributed by atoms with Crippen LogP contribution in [0.4, 0.5) is 18.9 Å². The van der Waals surface area contributed by atoms with Crippen molar-refractivity contribution in [3.8, 4) is 0 Å². The molecule has 0 atom stereocenters. The van der Waals surface area contributed by atoms with E-state index in [2.05, 4.69) is 15.8 Å². The highest BCUT2D eigenvalue weighted by molar-refractivity contribution is 6.07. The lowest BCUT2D eigenvalue weighted by Crippen LogP contribution is -2.25. The van der Waals surface area contributed by atoms with Crippen molar-refractivity contribution in [2.45, 2.75) is 19.0 Å². The van der Waals surface area contributed by atoms with Crippen LogP contribution in [0.5, 0.6) is 0 Å². The summed E-state index contributed by atoms with van der Waals surface area (Å²) in [4.78, 5) is 23.3. The smallest absolute Gasteiger partial charge is 0.322 e. The molecule has 0 bridgehead atoms. The third-order valence-electron chi connectivity index (χ3n) is 3.83. The Labute approximate surface area is 146 Å².